The first-order chi connectivity index (χ1) is 16.0. The van der Waals surface area contributed by atoms with E-state index in [4.69, 9.17) is 4.74 Å². The second-order valence-electron chi connectivity index (χ2n) is 8.04. The number of hydrogen-bond acceptors (Lipinski definition) is 5. The standard InChI is InChI=1S/C25H24N4O3S/c1-15-26-18-6-5-7-19(23(18)27-15)28-24(30)17-10-9-16(14-21(17)32-2)25(31)29-12-4-3-8-22-20(29)11-13-33-22/h5-7,9-11,13-14H,3-4,8,12H2,1-2H3,(H,26,27)(H,28,30). The smallest absolute Gasteiger partial charge is 0.259 e. The number of aromatic amines is 1. The van der Waals surface area contributed by atoms with Crippen molar-refractivity contribution in [1.82, 2.24) is 9.97 Å². The van der Waals surface area contributed by atoms with Crippen molar-refractivity contribution >= 4 is 45.6 Å². The predicted octanol–water partition coefficient (Wildman–Crippen LogP) is 5.18. The highest BCUT2D eigenvalue weighted by Gasteiger charge is 2.25. The number of benzene rings is 2. The number of para-hydroxylation sites is 1. The first kappa shape index (κ1) is 21.2. The van der Waals surface area contributed by atoms with E-state index >= 15 is 0 Å². The number of ether oxygens (including phenoxy) is 1. The third kappa shape index (κ3) is 3.98. The summed E-state index contributed by atoms with van der Waals surface area (Å²) in [5.74, 6) is 0.714. The summed E-state index contributed by atoms with van der Waals surface area (Å²) in [7, 11) is 1.50. The summed E-state index contributed by atoms with van der Waals surface area (Å²) < 4.78 is 5.50. The van der Waals surface area contributed by atoms with Gasteiger partial charge in [-0.2, -0.15) is 0 Å². The maximum absolute atomic E-state index is 13.4. The molecule has 1 aliphatic heterocycles. The molecule has 1 aliphatic rings. The van der Waals surface area contributed by atoms with Gasteiger partial charge < -0.3 is 19.9 Å². The summed E-state index contributed by atoms with van der Waals surface area (Å²) in [6.07, 6.45) is 3.03. The molecule has 2 amide bonds. The fourth-order valence-corrected chi connectivity index (χ4v) is 5.18. The van der Waals surface area contributed by atoms with Crippen molar-refractivity contribution in [3.8, 4) is 5.75 Å². The molecule has 0 atom stereocenters. The van der Waals surface area contributed by atoms with Gasteiger partial charge in [0.15, 0.2) is 0 Å². The van der Waals surface area contributed by atoms with Crippen LogP contribution in [-0.4, -0.2) is 35.4 Å². The first-order valence-electron chi connectivity index (χ1n) is 10.9. The maximum Gasteiger partial charge on any atom is 0.259 e. The molecule has 0 saturated heterocycles. The van der Waals surface area contributed by atoms with E-state index in [2.05, 4.69) is 15.3 Å². The molecular weight excluding hydrogens is 436 g/mol. The molecule has 0 bridgehead atoms. The minimum absolute atomic E-state index is 0.0847. The second kappa shape index (κ2) is 8.71. The average molecular weight is 461 g/mol. The fourth-order valence-electron chi connectivity index (χ4n) is 4.26. The highest BCUT2D eigenvalue weighted by molar-refractivity contribution is 7.10. The van der Waals surface area contributed by atoms with Crippen molar-refractivity contribution in [2.45, 2.75) is 26.2 Å². The zero-order valence-corrected chi connectivity index (χ0v) is 19.3. The van der Waals surface area contributed by atoms with Crippen LogP contribution in [0.2, 0.25) is 0 Å². The molecule has 2 N–H and O–H groups in total. The molecule has 4 aromatic rings. The fraction of sp³-hybridized carbons (Fsp3) is 0.240. The Kier molecular flexibility index (Phi) is 5.60. The second-order valence-corrected chi connectivity index (χ2v) is 9.04. The van der Waals surface area contributed by atoms with Crippen LogP contribution < -0.4 is 15.0 Å². The number of H-pyrrole nitrogens is 1. The minimum atomic E-state index is -0.325. The van der Waals surface area contributed by atoms with Crippen molar-refractivity contribution in [3.05, 3.63) is 69.7 Å². The van der Waals surface area contributed by atoms with Crippen LogP contribution in [-0.2, 0) is 6.42 Å². The van der Waals surface area contributed by atoms with Crippen LogP contribution in [0.25, 0.3) is 11.0 Å². The van der Waals surface area contributed by atoms with E-state index in [0.717, 1.165) is 36.3 Å². The topological polar surface area (TPSA) is 87.3 Å². The number of anilines is 2. The van der Waals surface area contributed by atoms with Crippen LogP contribution >= 0.6 is 11.3 Å². The van der Waals surface area contributed by atoms with Gasteiger partial charge in [-0.1, -0.05) is 6.07 Å². The number of imidazole rings is 1. The Bertz CT molecular complexity index is 1360. The van der Waals surface area contributed by atoms with Gasteiger partial charge in [-0.05, 0) is 68.0 Å². The number of carbonyl (C=O) groups is 2. The number of nitrogens with one attached hydrogen (secondary N) is 2. The Morgan fingerprint density at radius 2 is 2.06 bits per heavy atom. The number of carbonyl (C=O) groups excluding carboxylic acids is 2. The zero-order valence-electron chi connectivity index (χ0n) is 18.5. The highest BCUT2D eigenvalue weighted by Crippen LogP contribution is 2.33. The molecule has 7 nitrogen and oxygen atoms in total. The SMILES string of the molecule is COc1cc(C(=O)N2CCCCc3sccc32)ccc1C(=O)Nc1cccc2[nH]c(C)nc12. The lowest BCUT2D eigenvalue weighted by Crippen LogP contribution is -2.31. The van der Waals surface area contributed by atoms with E-state index in [9.17, 15) is 9.59 Å². The number of amides is 2. The van der Waals surface area contributed by atoms with Gasteiger partial charge in [-0.15, -0.1) is 11.3 Å². The Labute approximate surface area is 195 Å². The van der Waals surface area contributed by atoms with E-state index in [1.54, 1.807) is 29.5 Å². The summed E-state index contributed by atoms with van der Waals surface area (Å²) in [5.41, 5.74) is 3.99. The van der Waals surface area contributed by atoms with Crippen molar-refractivity contribution < 1.29 is 14.3 Å². The maximum atomic E-state index is 13.4. The Morgan fingerprint density at radius 3 is 2.91 bits per heavy atom. The van der Waals surface area contributed by atoms with Crippen molar-refractivity contribution in [2.75, 3.05) is 23.9 Å². The van der Waals surface area contributed by atoms with Gasteiger partial charge in [0.2, 0.25) is 0 Å². The molecule has 0 spiro atoms. The number of aromatic nitrogens is 2. The van der Waals surface area contributed by atoms with Crippen molar-refractivity contribution in [2.24, 2.45) is 0 Å². The molecule has 0 fully saturated rings. The molecule has 0 aliphatic carbocycles. The van der Waals surface area contributed by atoms with Gasteiger partial charge >= 0.3 is 0 Å². The van der Waals surface area contributed by atoms with E-state index < -0.39 is 0 Å². The molecule has 3 heterocycles. The molecule has 33 heavy (non-hydrogen) atoms. The lowest BCUT2D eigenvalue weighted by molar-refractivity contribution is 0.0982. The van der Waals surface area contributed by atoms with Crippen LogP contribution in [0, 0.1) is 6.92 Å². The molecule has 2 aromatic carbocycles. The molecule has 0 unspecified atom stereocenters. The van der Waals surface area contributed by atoms with Crippen LogP contribution in [0.3, 0.4) is 0 Å². The molecule has 168 valence electrons. The molecule has 0 saturated carbocycles. The number of hydrogen-bond donors (Lipinski definition) is 2. The van der Waals surface area contributed by atoms with E-state index in [1.807, 2.05) is 41.5 Å². The van der Waals surface area contributed by atoms with Gasteiger partial charge in [0.1, 0.15) is 17.1 Å². The summed E-state index contributed by atoms with van der Waals surface area (Å²) >= 11 is 1.69. The number of nitrogens with zero attached hydrogens (tertiary/aromatic N) is 2. The van der Waals surface area contributed by atoms with Crippen LogP contribution in [0.4, 0.5) is 11.4 Å². The monoisotopic (exact) mass is 460 g/mol. The largest absolute Gasteiger partial charge is 0.496 e. The average Bonchev–Trinajstić information content (AvgIpc) is 3.39. The van der Waals surface area contributed by atoms with Gasteiger partial charge in [-0.3, -0.25) is 9.59 Å². The molecule has 0 radical (unpaired) electrons. The number of aryl methyl sites for hydroxylation is 2. The number of thiophene rings is 1. The number of fused-ring (bicyclic) bond motifs is 2. The third-order valence-electron chi connectivity index (χ3n) is 5.87. The van der Waals surface area contributed by atoms with Crippen molar-refractivity contribution in [3.63, 3.8) is 0 Å². The molecule has 5 rings (SSSR count). The van der Waals surface area contributed by atoms with Crippen molar-refractivity contribution in [1.29, 1.82) is 0 Å². The summed E-state index contributed by atoms with van der Waals surface area (Å²) in [6, 6.07) is 12.6. The summed E-state index contributed by atoms with van der Waals surface area (Å²) in [4.78, 5) is 37.2. The van der Waals surface area contributed by atoms with E-state index in [-0.39, 0.29) is 11.8 Å². The van der Waals surface area contributed by atoms with E-state index in [0.29, 0.717) is 34.6 Å². The summed E-state index contributed by atoms with van der Waals surface area (Å²) in [5, 5.41) is 4.96. The van der Waals surface area contributed by atoms with Crippen LogP contribution in [0.5, 0.6) is 5.75 Å². The first-order valence-corrected chi connectivity index (χ1v) is 11.8. The molecular formula is C25H24N4O3S. The van der Waals surface area contributed by atoms with Gasteiger partial charge in [0.25, 0.3) is 11.8 Å². The number of methoxy groups -OCH3 is 1. The lowest BCUT2D eigenvalue weighted by Gasteiger charge is -2.21. The predicted molar refractivity (Wildman–Crippen MR) is 131 cm³/mol. The Hall–Kier alpha value is -3.65. The minimum Gasteiger partial charge on any atom is -0.496 e. The third-order valence-corrected chi connectivity index (χ3v) is 6.84. The van der Waals surface area contributed by atoms with Gasteiger partial charge in [-0.25, -0.2) is 4.98 Å². The lowest BCUT2D eigenvalue weighted by atomic mass is 10.1. The van der Waals surface area contributed by atoms with Gasteiger partial charge in [0.05, 0.1) is 29.6 Å². The summed E-state index contributed by atoms with van der Waals surface area (Å²) in [6.45, 7) is 2.55. The van der Waals surface area contributed by atoms with Crippen LogP contribution in [0.1, 0.15) is 44.3 Å². The van der Waals surface area contributed by atoms with E-state index in [1.165, 1.54) is 12.0 Å². The Balaban J connectivity index is 1.42. The molecule has 2 aromatic heterocycles. The molecule has 8 heteroatoms. The number of rotatable bonds is 4. The normalized spacial score (nSPS) is 13.5. The van der Waals surface area contributed by atoms with Crippen LogP contribution in [0.15, 0.2) is 47.8 Å². The van der Waals surface area contributed by atoms with Gasteiger partial charge in [0, 0.05) is 17.0 Å². The Morgan fingerprint density at radius 1 is 1.18 bits per heavy atom. The highest BCUT2D eigenvalue weighted by atomic mass is 32.1. The quantitative estimate of drug-likeness (QED) is 0.439. The zero-order chi connectivity index (χ0) is 22.9.